The van der Waals surface area contributed by atoms with E-state index in [0.29, 0.717) is 9.21 Å². The van der Waals surface area contributed by atoms with Crippen LogP contribution in [0, 0.1) is 17.0 Å². The van der Waals surface area contributed by atoms with Crippen LogP contribution in [0.3, 0.4) is 0 Å². The van der Waals surface area contributed by atoms with Gasteiger partial charge in [0.2, 0.25) is 0 Å². The van der Waals surface area contributed by atoms with Gasteiger partial charge in [-0.05, 0) is 24.6 Å². The van der Waals surface area contributed by atoms with Crippen molar-refractivity contribution in [3.8, 4) is 0 Å². The Kier molecular flexibility index (Phi) is 3.19. The highest BCUT2D eigenvalue weighted by Gasteiger charge is 2.21. The largest absolute Gasteiger partial charge is 0.433 e. The third-order valence-electron chi connectivity index (χ3n) is 2.21. The van der Waals surface area contributed by atoms with Crippen LogP contribution in [0.5, 0.6) is 0 Å². The second-order valence-corrected chi connectivity index (χ2v) is 5.13. The van der Waals surface area contributed by atoms with E-state index in [-0.39, 0.29) is 5.76 Å². The summed E-state index contributed by atoms with van der Waals surface area (Å²) in [7, 11) is 0. The first-order valence-corrected chi connectivity index (χ1v) is 5.86. The zero-order valence-electron chi connectivity index (χ0n) is 8.71. The molecule has 0 aliphatic heterocycles. The Labute approximate surface area is 105 Å². The standard InChI is InChI=1S/C10H8ClNO4S/c1-5-4-7(17-10(5)11)9(13)6-2-3-8(16-6)12(14)15/h2-4,9,13H,1H3. The number of nitrogens with zero attached hydrogens (tertiary/aromatic N) is 1. The van der Waals surface area contributed by atoms with E-state index >= 15 is 0 Å². The molecular formula is C10H8ClNO4S. The van der Waals surface area contributed by atoms with Crippen molar-refractivity contribution in [3.63, 3.8) is 0 Å². The summed E-state index contributed by atoms with van der Waals surface area (Å²) in [6.45, 7) is 1.82. The molecule has 0 amide bonds. The molecule has 2 aromatic heterocycles. The summed E-state index contributed by atoms with van der Waals surface area (Å²) >= 11 is 7.11. The van der Waals surface area contributed by atoms with Gasteiger partial charge in [-0.2, -0.15) is 0 Å². The van der Waals surface area contributed by atoms with Gasteiger partial charge >= 0.3 is 5.88 Å². The highest BCUT2D eigenvalue weighted by Crippen LogP contribution is 2.35. The molecule has 0 radical (unpaired) electrons. The SMILES string of the molecule is Cc1cc(C(O)c2ccc([N+](=O)[O-])o2)sc1Cl. The number of hydrogen-bond donors (Lipinski definition) is 1. The summed E-state index contributed by atoms with van der Waals surface area (Å²) < 4.78 is 5.51. The van der Waals surface area contributed by atoms with Crippen LogP contribution in [-0.4, -0.2) is 10.0 Å². The minimum absolute atomic E-state index is 0.134. The van der Waals surface area contributed by atoms with Crippen molar-refractivity contribution in [2.75, 3.05) is 0 Å². The first-order valence-electron chi connectivity index (χ1n) is 4.67. The lowest BCUT2D eigenvalue weighted by atomic mass is 10.2. The highest BCUT2D eigenvalue weighted by molar-refractivity contribution is 7.16. The predicted octanol–water partition coefficient (Wildman–Crippen LogP) is 3.29. The number of hydrogen-bond acceptors (Lipinski definition) is 5. The molecule has 2 rings (SSSR count). The van der Waals surface area contributed by atoms with E-state index in [2.05, 4.69) is 0 Å². The number of thiophene rings is 1. The van der Waals surface area contributed by atoms with E-state index in [9.17, 15) is 15.2 Å². The molecule has 0 saturated carbocycles. The molecule has 17 heavy (non-hydrogen) atoms. The van der Waals surface area contributed by atoms with Crippen molar-refractivity contribution in [1.82, 2.24) is 0 Å². The van der Waals surface area contributed by atoms with Crippen molar-refractivity contribution >= 4 is 28.8 Å². The maximum atomic E-state index is 10.4. The van der Waals surface area contributed by atoms with Crippen LogP contribution >= 0.6 is 22.9 Å². The van der Waals surface area contributed by atoms with Crippen LogP contribution in [0.4, 0.5) is 5.88 Å². The number of furan rings is 1. The van der Waals surface area contributed by atoms with Crippen molar-refractivity contribution in [3.05, 3.63) is 48.9 Å². The maximum Gasteiger partial charge on any atom is 0.433 e. The van der Waals surface area contributed by atoms with Gasteiger partial charge in [-0.25, -0.2) is 0 Å². The van der Waals surface area contributed by atoms with Gasteiger partial charge in [0.1, 0.15) is 16.8 Å². The molecule has 90 valence electrons. The Bertz CT molecular complexity index is 543. The number of halogens is 1. The fourth-order valence-electron chi connectivity index (χ4n) is 1.35. The minimum atomic E-state index is -1.03. The van der Waals surface area contributed by atoms with Crippen LogP contribution < -0.4 is 0 Å². The number of aliphatic hydroxyl groups is 1. The maximum absolute atomic E-state index is 10.4. The molecule has 7 heteroatoms. The van der Waals surface area contributed by atoms with Gasteiger partial charge in [0.25, 0.3) is 0 Å². The highest BCUT2D eigenvalue weighted by atomic mass is 35.5. The van der Waals surface area contributed by atoms with Crippen molar-refractivity contribution in [2.45, 2.75) is 13.0 Å². The average molecular weight is 274 g/mol. The van der Waals surface area contributed by atoms with Gasteiger partial charge in [-0.15, -0.1) is 11.3 Å². The number of aryl methyl sites for hydroxylation is 1. The second kappa shape index (κ2) is 4.48. The van der Waals surface area contributed by atoms with E-state index < -0.39 is 16.9 Å². The van der Waals surface area contributed by atoms with Crippen molar-refractivity contribution in [2.24, 2.45) is 0 Å². The van der Waals surface area contributed by atoms with Gasteiger partial charge in [0, 0.05) is 4.88 Å². The Morgan fingerprint density at radius 1 is 1.59 bits per heavy atom. The van der Waals surface area contributed by atoms with E-state index in [1.165, 1.54) is 23.5 Å². The summed E-state index contributed by atoms with van der Waals surface area (Å²) in [6.07, 6.45) is -1.03. The summed E-state index contributed by atoms with van der Waals surface area (Å²) in [4.78, 5) is 10.4. The molecule has 0 aromatic carbocycles. The topological polar surface area (TPSA) is 76.5 Å². The first-order chi connectivity index (χ1) is 7.99. The van der Waals surface area contributed by atoms with Gasteiger partial charge in [-0.3, -0.25) is 10.1 Å². The quantitative estimate of drug-likeness (QED) is 0.688. The van der Waals surface area contributed by atoms with Crippen LogP contribution in [0.15, 0.2) is 22.6 Å². The summed E-state index contributed by atoms with van der Waals surface area (Å²) in [6, 6.07) is 4.32. The number of rotatable bonds is 3. The molecule has 2 heterocycles. The molecule has 0 fully saturated rings. The monoisotopic (exact) mass is 273 g/mol. The lowest BCUT2D eigenvalue weighted by Crippen LogP contribution is -1.94. The van der Waals surface area contributed by atoms with Crippen molar-refractivity contribution < 1.29 is 14.4 Å². The van der Waals surface area contributed by atoms with E-state index in [4.69, 9.17) is 16.0 Å². The zero-order chi connectivity index (χ0) is 12.6. The summed E-state index contributed by atoms with van der Waals surface area (Å²) in [5.74, 6) is -0.256. The molecule has 1 N–H and O–H groups in total. The molecular weight excluding hydrogens is 266 g/mol. The Morgan fingerprint density at radius 2 is 2.29 bits per heavy atom. The van der Waals surface area contributed by atoms with Gasteiger partial charge in [-0.1, -0.05) is 11.6 Å². The number of aliphatic hydroxyl groups excluding tert-OH is 1. The fourth-order valence-corrected chi connectivity index (χ4v) is 2.56. The fraction of sp³-hybridized carbons (Fsp3) is 0.200. The van der Waals surface area contributed by atoms with Crippen LogP contribution in [0.1, 0.15) is 22.3 Å². The smallest absolute Gasteiger partial charge is 0.403 e. The van der Waals surface area contributed by atoms with Crippen molar-refractivity contribution in [1.29, 1.82) is 0 Å². The Morgan fingerprint density at radius 3 is 2.76 bits per heavy atom. The molecule has 0 spiro atoms. The Hall–Kier alpha value is -1.37. The third-order valence-corrected chi connectivity index (χ3v) is 3.82. The predicted molar refractivity (Wildman–Crippen MR) is 63.5 cm³/mol. The van der Waals surface area contributed by atoms with E-state index in [0.717, 1.165) is 5.56 Å². The molecule has 0 saturated heterocycles. The van der Waals surface area contributed by atoms with E-state index in [1.807, 2.05) is 6.92 Å². The van der Waals surface area contributed by atoms with Crippen LogP contribution in [0.25, 0.3) is 0 Å². The van der Waals surface area contributed by atoms with Crippen LogP contribution in [0.2, 0.25) is 4.34 Å². The summed E-state index contributed by atoms with van der Waals surface area (Å²) in [5, 5.41) is 20.4. The average Bonchev–Trinajstić information content (AvgIpc) is 2.86. The zero-order valence-corrected chi connectivity index (χ0v) is 10.3. The minimum Gasteiger partial charge on any atom is -0.403 e. The molecule has 1 unspecified atom stereocenters. The van der Waals surface area contributed by atoms with Crippen LogP contribution in [-0.2, 0) is 0 Å². The molecule has 2 aromatic rings. The second-order valence-electron chi connectivity index (χ2n) is 3.44. The molecule has 5 nitrogen and oxygen atoms in total. The molecule has 0 aliphatic carbocycles. The van der Waals surface area contributed by atoms with Gasteiger partial charge < -0.3 is 9.52 Å². The van der Waals surface area contributed by atoms with Gasteiger partial charge in [0.05, 0.1) is 10.4 Å². The lowest BCUT2D eigenvalue weighted by molar-refractivity contribution is -0.402. The number of nitro groups is 1. The Balaban J connectivity index is 2.30. The normalized spacial score (nSPS) is 12.6. The third kappa shape index (κ3) is 2.33. The molecule has 1 atom stereocenters. The lowest BCUT2D eigenvalue weighted by Gasteiger charge is -2.02. The first kappa shape index (κ1) is 12.1. The summed E-state index contributed by atoms with van der Waals surface area (Å²) in [5.41, 5.74) is 0.853. The molecule has 0 bridgehead atoms. The van der Waals surface area contributed by atoms with E-state index in [1.54, 1.807) is 6.07 Å². The van der Waals surface area contributed by atoms with Gasteiger partial charge in [0.15, 0.2) is 0 Å². The molecule has 0 aliphatic rings.